The van der Waals surface area contributed by atoms with Crippen LogP contribution in [-0.2, 0) is 0 Å². The Morgan fingerprint density at radius 2 is 0.868 bits per heavy atom. The third-order valence-electron chi connectivity index (χ3n) is 7.15. The van der Waals surface area contributed by atoms with Gasteiger partial charge in [-0.05, 0) is 76.1 Å². The molecular formula is C36H28N2. The summed E-state index contributed by atoms with van der Waals surface area (Å²) in [6.45, 7) is 4.31. The zero-order valence-corrected chi connectivity index (χ0v) is 21.6. The molecule has 6 rings (SSSR count). The van der Waals surface area contributed by atoms with Crippen LogP contribution >= 0.6 is 0 Å². The summed E-state index contributed by atoms with van der Waals surface area (Å²) in [7, 11) is 0. The van der Waals surface area contributed by atoms with Crippen molar-refractivity contribution in [1.29, 1.82) is 0 Å². The van der Waals surface area contributed by atoms with E-state index < -0.39 is 0 Å². The molecule has 0 aliphatic rings. The molecule has 0 bridgehead atoms. The fourth-order valence-corrected chi connectivity index (χ4v) is 5.20. The first-order valence-electron chi connectivity index (χ1n) is 12.9. The molecule has 0 amide bonds. The number of rotatable bonds is 5. The molecule has 0 saturated carbocycles. The zero-order chi connectivity index (χ0) is 25.9. The van der Waals surface area contributed by atoms with Gasteiger partial charge in [-0.25, -0.2) is 9.97 Å². The van der Waals surface area contributed by atoms with Crippen molar-refractivity contribution in [1.82, 2.24) is 9.97 Å². The molecule has 38 heavy (non-hydrogen) atoms. The van der Waals surface area contributed by atoms with Gasteiger partial charge in [0.2, 0.25) is 0 Å². The molecule has 0 aliphatic carbocycles. The first-order chi connectivity index (χ1) is 18.7. The molecule has 1 aromatic heterocycles. The Hall–Kier alpha value is -4.82. The Morgan fingerprint density at radius 3 is 1.42 bits per heavy atom. The fourth-order valence-electron chi connectivity index (χ4n) is 5.20. The monoisotopic (exact) mass is 488 g/mol. The maximum Gasteiger partial charge on any atom is 0.116 e. The van der Waals surface area contributed by atoms with Crippen LogP contribution < -0.4 is 0 Å². The second kappa shape index (κ2) is 10.3. The fraction of sp³-hybridized carbons (Fsp3) is 0.0556. The zero-order valence-electron chi connectivity index (χ0n) is 21.6. The summed E-state index contributed by atoms with van der Waals surface area (Å²) in [6.07, 6.45) is 3.57. The summed E-state index contributed by atoms with van der Waals surface area (Å²) in [6, 6.07) is 43.0. The van der Waals surface area contributed by atoms with E-state index in [0.717, 1.165) is 27.9 Å². The quantitative estimate of drug-likeness (QED) is 0.241. The summed E-state index contributed by atoms with van der Waals surface area (Å²) in [4.78, 5) is 9.24. The van der Waals surface area contributed by atoms with E-state index in [4.69, 9.17) is 4.98 Å². The predicted octanol–water partition coefficient (Wildman–Crippen LogP) is 9.43. The van der Waals surface area contributed by atoms with Crippen LogP contribution in [0.15, 0.2) is 134 Å². The molecule has 0 atom stereocenters. The minimum atomic E-state index is 0.929. The maximum atomic E-state index is 4.82. The van der Waals surface area contributed by atoms with E-state index in [1.165, 1.54) is 38.9 Å². The Kier molecular flexibility index (Phi) is 6.37. The number of nitrogens with zero attached hydrogens (tertiary/aromatic N) is 2. The van der Waals surface area contributed by atoms with E-state index >= 15 is 0 Å². The molecule has 5 aromatic carbocycles. The van der Waals surface area contributed by atoms with Crippen molar-refractivity contribution in [3.05, 3.63) is 145 Å². The number of hydrogen-bond donors (Lipinski definition) is 0. The Bertz CT molecular complexity index is 1620. The van der Waals surface area contributed by atoms with Crippen molar-refractivity contribution in [2.24, 2.45) is 0 Å². The van der Waals surface area contributed by atoms with E-state index in [0.29, 0.717) is 0 Å². The Morgan fingerprint density at radius 1 is 0.421 bits per heavy atom. The second-order valence-corrected chi connectivity index (χ2v) is 9.62. The van der Waals surface area contributed by atoms with Gasteiger partial charge in [-0.2, -0.15) is 0 Å². The predicted molar refractivity (Wildman–Crippen MR) is 159 cm³/mol. The highest BCUT2D eigenvalue weighted by Crippen LogP contribution is 2.38. The van der Waals surface area contributed by atoms with E-state index in [1.54, 1.807) is 6.33 Å². The molecule has 1 heterocycles. The first-order valence-corrected chi connectivity index (χ1v) is 12.9. The molecule has 0 fully saturated rings. The van der Waals surface area contributed by atoms with Crippen LogP contribution in [0.1, 0.15) is 11.1 Å². The van der Waals surface area contributed by atoms with Gasteiger partial charge in [0.25, 0.3) is 0 Å². The molecular weight excluding hydrogens is 460 g/mol. The third-order valence-corrected chi connectivity index (χ3v) is 7.15. The molecule has 2 nitrogen and oxygen atoms in total. The summed E-state index contributed by atoms with van der Waals surface area (Å²) < 4.78 is 0. The largest absolute Gasteiger partial charge is 0.244 e. The van der Waals surface area contributed by atoms with Gasteiger partial charge in [0.1, 0.15) is 6.33 Å². The molecule has 0 N–H and O–H groups in total. The van der Waals surface area contributed by atoms with Crippen molar-refractivity contribution >= 4 is 0 Å². The van der Waals surface area contributed by atoms with E-state index in [-0.39, 0.29) is 0 Å². The second-order valence-electron chi connectivity index (χ2n) is 9.62. The van der Waals surface area contributed by atoms with E-state index in [9.17, 15) is 0 Å². The van der Waals surface area contributed by atoms with Gasteiger partial charge in [0.15, 0.2) is 0 Å². The van der Waals surface area contributed by atoms with Crippen molar-refractivity contribution in [3.63, 3.8) is 0 Å². The van der Waals surface area contributed by atoms with Crippen molar-refractivity contribution in [2.75, 3.05) is 0 Å². The topological polar surface area (TPSA) is 25.8 Å². The van der Waals surface area contributed by atoms with E-state index in [1.807, 2.05) is 6.20 Å². The smallest absolute Gasteiger partial charge is 0.116 e. The van der Waals surface area contributed by atoms with Gasteiger partial charge in [0, 0.05) is 17.3 Å². The lowest BCUT2D eigenvalue weighted by Crippen LogP contribution is -1.94. The number of benzene rings is 5. The van der Waals surface area contributed by atoms with Crippen LogP contribution in [0.2, 0.25) is 0 Å². The molecule has 0 radical (unpaired) electrons. The number of hydrogen-bond acceptors (Lipinski definition) is 2. The third kappa shape index (κ3) is 4.53. The molecule has 182 valence electrons. The Labute approximate surface area is 224 Å². The molecule has 0 spiro atoms. The van der Waals surface area contributed by atoms with Gasteiger partial charge in [-0.15, -0.1) is 0 Å². The molecule has 0 saturated heterocycles. The summed E-state index contributed by atoms with van der Waals surface area (Å²) in [5.74, 6) is 0. The highest BCUT2D eigenvalue weighted by molar-refractivity contribution is 5.91. The SMILES string of the molecule is Cc1ccccc1-c1cccc(-c2ccccc2-c2ncncc2-c2cccc(-c3ccccc3C)c2)c1. The Balaban J connectivity index is 1.47. The van der Waals surface area contributed by atoms with E-state index in [2.05, 4.69) is 140 Å². The average molecular weight is 489 g/mol. The average Bonchev–Trinajstić information content (AvgIpc) is 2.98. The lowest BCUT2D eigenvalue weighted by Gasteiger charge is -2.15. The van der Waals surface area contributed by atoms with Gasteiger partial charge < -0.3 is 0 Å². The minimum absolute atomic E-state index is 0.929. The standard InChI is InChI=1S/C36H28N2/c1-25-11-3-5-17-31(25)27-13-9-15-29(21-27)33-19-7-8-20-34(33)36-35(23-37-24-38-36)30-16-10-14-28(22-30)32-18-6-4-12-26(32)2/h3-24H,1-2H3. The molecule has 2 heteroatoms. The minimum Gasteiger partial charge on any atom is -0.244 e. The summed E-state index contributed by atoms with van der Waals surface area (Å²) >= 11 is 0. The van der Waals surface area contributed by atoms with Crippen LogP contribution in [0.5, 0.6) is 0 Å². The summed E-state index contributed by atoms with van der Waals surface area (Å²) in [5, 5.41) is 0. The van der Waals surface area contributed by atoms with Crippen LogP contribution in [0.25, 0.3) is 55.8 Å². The lowest BCUT2D eigenvalue weighted by molar-refractivity contribution is 1.17. The van der Waals surface area contributed by atoms with Gasteiger partial charge >= 0.3 is 0 Å². The molecule has 6 aromatic rings. The normalized spacial score (nSPS) is 10.9. The lowest BCUT2D eigenvalue weighted by atomic mass is 9.90. The van der Waals surface area contributed by atoms with Crippen molar-refractivity contribution in [2.45, 2.75) is 13.8 Å². The number of aromatic nitrogens is 2. The van der Waals surface area contributed by atoms with Crippen molar-refractivity contribution in [3.8, 4) is 55.8 Å². The molecule has 0 aliphatic heterocycles. The van der Waals surface area contributed by atoms with Gasteiger partial charge in [-0.3, -0.25) is 0 Å². The van der Waals surface area contributed by atoms with Crippen molar-refractivity contribution < 1.29 is 0 Å². The van der Waals surface area contributed by atoms with Gasteiger partial charge in [0.05, 0.1) is 5.69 Å². The first kappa shape index (κ1) is 23.6. The highest BCUT2D eigenvalue weighted by Gasteiger charge is 2.15. The van der Waals surface area contributed by atoms with Crippen LogP contribution in [-0.4, -0.2) is 9.97 Å². The molecule has 0 unspecified atom stereocenters. The summed E-state index contributed by atoms with van der Waals surface area (Å²) in [5.41, 5.74) is 13.9. The highest BCUT2D eigenvalue weighted by atomic mass is 14.8. The maximum absolute atomic E-state index is 4.82. The van der Waals surface area contributed by atoms with Crippen LogP contribution in [0, 0.1) is 13.8 Å². The van der Waals surface area contributed by atoms with Crippen LogP contribution in [0.4, 0.5) is 0 Å². The van der Waals surface area contributed by atoms with Crippen LogP contribution in [0.3, 0.4) is 0 Å². The number of aryl methyl sites for hydroxylation is 2. The van der Waals surface area contributed by atoms with Gasteiger partial charge in [-0.1, -0.05) is 109 Å².